The van der Waals surface area contributed by atoms with E-state index >= 15 is 0 Å². The van der Waals surface area contributed by atoms with Crippen LogP contribution in [0.4, 0.5) is 5.69 Å². The summed E-state index contributed by atoms with van der Waals surface area (Å²) in [5, 5.41) is 2.85. The summed E-state index contributed by atoms with van der Waals surface area (Å²) in [6.45, 7) is 7.72. The summed E-state index contributed by atoms with van der Waals surface area (Å²) >= 11 is 0. The fraction of sp³-hybridized carbons (Fsp3) is 0.435. The number of anilines is 1. The first-order chi connectivity index (χ1) is 14.4. The standard InChI is InChI=1S/C23H32N2O5S/c1-16(20-14-19(29-5)12-13-21(20)30-6)24-22(26)15-25(31(7,27)28)18-10-8-17(9-11-18)23(2,3)4/h8-14,16H,15H2,1-7H3,(H,24,26)/t16-/m1/s1. The SMILES string of the molecule is COc1ccc(OC)c([C@@H](C)NC(=O)CN(c2ccc(C(C)(C)C)cc2)S(C)(=O)=O)c1. The third kappa shape index (κ3) is 6.37. The highest BCUT2D eigenvalue weighted by molar-refractivity contribution is 7.92. The van der Waals surface area contributed by atoms with Crippen LogP contribution in [0.3, 0.4) is 0 Å². The molecule has 0 aromatic heterocycles. The first-order valence-electron chi connectivity index (χ1n) is 9.96. The van der Waals surface area contributed by atoms with Crippen LogP contribution in [0.15, 0.2) is 42.5 Å². The van der Waals surface area contributed by atoms with Gasteiger partial charge in [-0.25, -0.2) is 8.42 Å². The molecule has 0 fully saturated rings. The maximum absolute atomic E-state index is 12.7. The van der Waals surface area contributed by atoms with Crippen LogP contribution in [0.1, 0.15) is 44.9 Å². The quantitative estimate of drug-likeness (QED) is 0.666. The number of carbonyl (C=O) groups excluding carboxylic acids is 1. The molecule has 2 aromatic carbocycles. The van der Waals surface area contributed by atoms with Gasteiger partial charge in [0.1, 0.15) is 18.0 Å². The Balaban J connectivity index is 2.22. The Labute approximate surface area is 185 Å². The van der Waals surface area contributed by atoms with E-state index in [-0.39, 0.29) is 12.0 Å². The van der Waals surface area contributed by atoms with Gasteiger partial charge in [-0.05, 0) is 48.2 Å². The van der Waals surface area contributed by atoms with Gasteiger partial charge in [0.15, 0.2) is 0 Å². The smallest absolute Gasteiger partial charge is 0.241 e. The highest BCUT2D eigenvalue weighted by Crippen LogP contribution is 2.29. The number of ether oxygens (including phenoxy) is 2. The molecule has 2 aromatic rings. The molecule has 0 aliphatic heterocycles. The van der Waals surface area contributed by atoms with Gasteiger partial charge in [-0.3, -0.25) is 9.10 Å². The molecule has 7 nitrogen and oxygen atoms in total. The molecule has 170 valence electrons. The molecule has 0 radical (unpaired) electrons. The van der Waals surface area contributed by atoms with Gasteiger partial charge < -0.3 is 14.8 Å². The second-order valence-corrected chi connectivity index (χ2v) is 10.4. The van der Waals surface area contributed by atoms with Crippen LogP contribution in [0.5, 0.6) is 11.5 Å². The van der Waals surface area contributed by atoms with Crippen LogP contribution < -0.4 is 19.1 Å². The van der Waals surface area contributed by atoms with E-state index in [0.29, 0.717) is 17.2 Å². The summed E-state index contributed by atoms with van der Waals surface area (Å²) in [6, 6.07) is 12.1. The topological polar surface area (TPSA) is 84.9 Å². The van der Waals surface area contributed by atoms with Crippen LogP contribution in [0, 0.1) is 0 Å². The molecule has 0 heterocycles. The maximum Gasteiger partial charge on any atom is 0.241 e. The van der Waals surface area contributed by atoms with E-state index in [0.717, 1.165) is 21.7 Å². The molecule has 31 heavy (non-hydrogen) atoms. The Hall–Kier alpha value is -2.74. The number of rotatable bonds is 8. The molecule has 1 atom stereocenters. The molecule has 0 bridgehead atoms. The van der Waals surface area contributed by atoms with Gasteiger partial charge in [0, 0.05) is 5.56 Å². The van der Waals surface area contributed by atoms with Gasteiger partial charge in [-0.1, -0.05) is 32.9 Å². The number of carbonyl (C=O) groups is 1. The average Bonchev–Trinajstić information content (AvgIpc) is 2.70. The number of hydrogen-bond donors (Lipinski definition) is 1. The van der Waals surface area contributed by atoms with Crippen molar-refractivity contribution in [1.29, 1.82) is 0 Å². The van der Waals surface area contributed by atoms with Gasteiger partial charge in [0.2, 0.25) is 15.9 Å². The van der Waals surface area contributed by atoms with Crippen molar-refractivity contribution in [2.75, 3.05) is 31.3 Å². The lowest BCUT2D eigenvalue weighted by Crippen LogP contribution is -2.41. The molecular formula is C23H32N2O5S. The van der Waals surface area contributed by atoms with Gasteiger partial charge >= 0.3 is 0 Å². The van der Waals surface area contributed by atoms with Crippen molar-refractivity contribution in [2.45, 2.75) is 39.2 Å². The summed E-state index contributed by atoms with van der Waals surface area (Å²) in [7, 11) is -0.550. The molecule has 8 heteroatoms. The Morgan fingerprint density at radius 3 is 2.16 bits per heavy atom. The van der Waals surface area contributed by atoms with E-state index < -0.39 is 22.0 Å². The zero-order valence-electron chi connectivity index (χ0n) is 19.2. The summed E-state index contributed by atoms with van der Waals surface area (Å²) < 4.78 is 36.5. The summed E-state index contributed by atoms with van der Waals surface area (Å²) in [5.74, 6) is 0.808. The molecule has 0 aliphatic carbocycles. The van der Waals surface area contributed by atoms with Crippen molar-refractivity contribution in [3.05, 3.63) is 53.6 Å². The number of sulfonamides is 1. The molecule has 0 unspecified atom stereocenters. The first kappa shape index (κ1) is 24.5. The fourth-order valence-corrected chi connectivity index (χ4v) is 4.06. The van der Waals surface area contributed by atoms with Crippen LogP contribution in [-0.2, 0) is 20.2 Å². The van der Waals surface area contributed by atoms with Crippen molar-refractivity contribution in [1.82, 2.24) is 5.32 Å². The Morgan fingerprint density at radius 2 is 1.68 bits per heavy atom. The van der Waals surface area contributed by atoms with Crippen molar-refractivity contribution >= 4 is 21.6 Å². The van der Waals surface area contributed by atoms with Crippen LogP contribution in [0.25, 0.3) is 0 Å². The molecule has 2 rings (SSSR count). The van der Waals surface area contributed by atoms with Gasteiger partial charge in [0.05, 0.1) is 32.2 Å². The summed E-state index contributed by atoms with van der Waals surface area (Å²) in [6.07, 6.45) is 1.09. The second-order valence-electron chi connectivity index (χ2n) is 8.46. The zero-order valence-corrected chi connectivity index (χ0v) is 20.0. The van der Waals surface area contributed by atoms with Crippen LogP contribution in [-0.4, -0.2) is 41.3 Å². The van der Waals surface area contributed by atoms with Gasteiger partial charge in [-0.2, -0.15) is 0 Å². The normalized spacial score (nSPS) is 12.7. The number of methoxy groups -OCH3 is 2. The number of amides is 1. The predicted octanol–water partition coefficient (Wildman–Crippen LogP) is 3.64. The van der Waals surface area contributed by atoms with Crippen LogP contribution in [0.2, 0.25) is 0 Å². The van der Waals surface area contributed by atoms with E-state index in [4.69, 9.17) is 9.47 Å². The van der Waals surface area contributed by atoms with Crippen molar-refractivity contribution in [3.8, 4) is 11.5 Å². The van der Waals surface area contributed by atoms with E-state index in [1.807, 2.05) is 12.1 Å². The average molecular weight is 449 g/mol. The Morgan fingerprint density at radius 1 is 1.06 bits per heavy atom. The molecule has 1 amide bonds. The third-order valence-corrected chi connectivity index (χ3v) is 6.13. The van der Waals surface area contributed by atoms with E-state index in [1.54, 1.807) is 51.5 Å². The Bertz CT molecular complexity index is 1010. The fourth-order valence-electron chi connectivity index (χ4n) is 3.20. The lowest BCUT2D eigenvalue weighted by Gasteiger charge is -2.25. The largest absolute Gasteiger partial charge is 0.497 e. The van der Waals surface area contributed by atoms with Gasteiger partial charge in [0.25, 0.3) is 0 Å². The highest BCUT2D eigenvalue weighted by atomic mass is 32.2. The highest BCUT2D eigenvalue weighted by Gasteiger charge is 2.23. The van der Waals surface area contributed by atoms with E-state index in [1.165, 1.54) is 0 Å². The molecular weight excluding hydrogens is 416 g/mol. The number of nitrogens with zero attached hydrogens (tertiary/aromatic N) is 1. The van der Waals surface area contributed by atoms with Crippen molar-refractivity contribution in [2.24, 2.45) is 0 Å². The second kappa shape index (κ2) is 9.60. The molecule has 0 aliphatic rings. The van der Waals surface area contributed by atoms with E-state index in [9.17, 15) is 13.2 Å². The molecule has 0 spiro atoms. The van der Waals surface area contributed by atoms with Gasteiger partial charge in [-0.15, -0.1) is 0 Å². The zero-order chi connectivity index (χ0) is 23.4. The van der Waals surface area contributed by atoms with Crippen LogP contribution >= 0.6 is 0 Å². The van der Waals surface area contributed by atoms with Crippen molar-refractivity contribution < 1.29 is 22.7 Å². The molecule has 0 saturated heterocycles. The minimum Gasteiger partial charge on any atom is -0.497 e. The molecule has 0 saturated carbocycles. The maximum atomic E-state index is 12.7. The Kier molecular flexibility index (Phi) is 7.59. The first-order valence-corrected chi connectivity index (χ1v) is 11.8. The lowest BCUT2D eigenvalue weighted by molar-refractivity contribution is -0.120. The third-order valence-electron chi connectivity index (χ3n) is 4.99. The van der Waals surface area contributed by atoms with E-state index in [2.05, 4.69) is 26.1 Å². The van der Waals surface area contributed by atoms with Crippen molar-refractivity contribution in [3.63, 3.8) is 0 Å². The molecule has 1 N–H and O–H groups in total. The minimum absolute atomic E-state index is 0.0585. The summed E-state index contributed by atoms with van der Waals surface area (Å²) in [4.78, 5) is 12.7. The minimum atomic E-state index is -3.66. The lowest BCUT2D eigenvalue weighted by atomic mass is 9.87. The summed E-state index contributed by atoms with van der Waals surface area (Å²) in [5.41, 5.74) is 2.19. The predicted molar refractivity (Wildman–Crippen MR) is 123 cm³/mol. The number of hydrogen-bond acceptors (Lipinski definition) is 5. The monoisotopic (exact) mass is 448 g/mol. The number of nitrogens with one attached hydrogen (secondary N) is 1. The number of benzene rings is 2.